The Balaban J connectivity index is 1.51. The number of hydrogen-bond donors (Lipinski definition) is 4. The normalized spacial score (nSPS) is 17.5. The summed E-state index contributed by atoms with van der Waals surface area (Å²) in [6, 6.07) is 7.89. The predicted molar refractivity (Wildman–Crippen MR) is 135 cm³/mol. The average molecular weight is 514 g/mol. The molecule has 0 unspecified atom stereocenters. The third-order valence-corrected chi connectivity index (χ3v) is 5.73. The molecule has 3 heterocycles. The number of anilines is 1. The van der Waals surface area contributed by atoms with E-state index in [2.05, 4.69) is 25.6 Å². The predicted octanol–water partition coefficient (Wildman–Crippen LogP) is 1.73. The highest BCUT2D eigenvalue weighted by Gasteiger charge is 2.28. The zero-order chi connectivity index (χ0) is 26.0. The highest BCUT2D eigenvalue weighted by atomic mass is 19.1. The lowest BCUT2D eigenvalue weighted by molar-refractivity contribution is -0.200. The first-order valence-electron chi connectivity index (χ1n) is 12.2. The van der Waals surface area contributed by atoms with Crippen molar-refractivity contribution in [3.05, 3.63) is 48.2 Å². The fourth-order valence-electron chi connectivity index (χ4n) is 3.83. The number of rotatable bonds is 12. The van der Waals surface area contributed by atoms with Crippen molar-refractivity contribution in [2.75, 3.05) is 51.9 Å². The van der Waals surface area contributed by atoms with Crippen LogP contribution < -0.4 is 16.4 Å². The largest absolute Gasteiger partial charge is 0.385 e. The van der Waals surface area contributed by atoms with Crippen LogP contribution in [0.3, 0.4) is 0 Å². The molecule has 0 saturated carbocycles. The monoisotopic (exact) mass is 513 g/mol. The number of halogens is 1. The highest BCUT2D eigenvalue weighted by Crippen LogP contribution is 2.30. The summed E-state index contributed by atoms with van der Waals surface area (Å²) < 4.78 is 30.2. The lowest BCUT2D eigenvalue weighted by Gasteiger charge is -2.28. The van der Waals surface area contributed by atoms with Gasteiger partial charge in [-0.25, -0.2) is 19.3 Å². The van der Waals surface area contributed by atoms with Crippen LogP contribution in [0.15, 0.2) is 36.5 Å². The minimum atomic E-state index is -0.568. The Bertz CT molecular complexity index is 1150. The molecule has 3 aromatic rings. The molecule has 0 atom stereocenters. The smallest absolute Gasteiger partial charge is 0.227 e. The Morgan fingerprint density at radius 1 is 1.19 bits per heavy atom. The van der Waals surface area contributed by atoms with E-state index in [1.807, 2.05) is 0 Å². The van der Waals surface area contributed by atoms with Gasteiger partial charge in [-0.3, -0.25) is 4.79 Å². The van der Waals surface area contributed by atoms with Crippen LogP contribution in [0.25, 0.3) is 22.6 Å². The molecule has 37 heavy (non-hydrogen) atoms. The second kappa shape index (κ2) is 13.2. The van der Waals surface area contributed by atoms with Gasteiger partial charge in [0.25, 0.3) is 0 Å². The molecule has 1 aliphatic heterocycles. The first kappa shape index (κ1) is 26.6. The number of nitrogens with two attached hydrogens (primary N) is 1. The van der Waals surface area contributed by atoms with Crippen LogP contribution in [0, 0.1) is 11.7 Å². The van der Waals surface area contributed by atoms with Crippen molar-refractivity contribution in [2.45, 2.75) is 19.1 Å². The third kappa shape index (κ3) is 7.29. The topological polar surface area (TPSA) is 149 Å². The highest BCUT2D eigenvalue weighted by molar-refractivity contribution is 5.79. The fourth-order valence-corrected chi connectivity index (χ4v) is 3.83. The minimum absolute atomic E-state index is 0.141. The Morgan fingerprint density at radius 2 is 1.97 bits per heavy atom. The van der Waals surface area contributed by atoms with Crippen LogP contribution in [0.1, 0.15) is 12.2 Å². The summed E-state index contributed by atoms with van der Waals surface area (Å²) in [4.78, 5) is 29.2. The number of H-pyrrole nitrogens is 1. The van der Waals surface area contributed by atoms with Gasteiger partial charge in [0.15, 0.2) is 6.29 Å². The van der Waals surface area contributed by atoms with Gasteiger partial charge in [-0.1, -0.05) is 0 Å². The quantitative estimate of drug-likeness (QED) is 0.266. The van der Waals surface area contributed by atoms with E-state index in [1.165, 1.54) is 12.1 Å². The molecule has 1 amide bonds. The number of carbonyl (C=O) groups excluding carboxylic acids is 1. The molecule has 5 N–H and O–H groups in total. The van der Waals surface area contributed by atoms with Crippen molar-refractivity contribution in [2.24, 2.45) is 11.7 Å². The second-order valence-electron chi connectivity index (χ2n) is 8.53. The lowest BCUT2D eigenvalue weighted by atomic mass is 10.1. The maximum absolute atomic E-state index is 13.6. The van der Waals surface area contributed by atoms with E-state index in [1.54, 1.807) is 31.5 Å². The molecular formula is C25H32FN7O4. The molecule has 1 aromatic carbocycles. The van der Waals surface area contributed by atoms with Gasteiger partial charge in [0.2, 0.25) is 11.9 Å². The van der Waals surface area contributed by atoms with Crippen LogP contribution in [0.5, 0.6) is 0 Å². The maximum atomic E-state index is 13.6. The zero-order valence-corrected chi connectivity index (χ0v) is 20.7. The molecule has 11 nitrogen and oxygen atoms in total. The van der Waals surface area contributed by atoms with Gasteiger partial charge in [0.1, 0.15) is 11.6 Å². The van der Waals surface area contributed by atoms with E-state index in [-0.39, 0.29) is 30.9 Å². The SMILES string of the molecule is COCCCNc1nccc(-c2[nH]c(CC3OCC(C(=O)NCCN)CO3)nc2-c2ccc(F)cc2)n1. The van der Waals surface area contributed by atoms with E-state index in [0.717, 1.165) is 12.0 Å². The Hall–Kier alpha value is -3.45. The average Bonchev–Trinajstić information content (AvgIpc) is 3.34. The molecule has 12 heteroatoms. The first-order chi connectivity index (χ1) is 18.1. The summed E-state index contributed by atoms with van der Waals surface area (Å²) in [6.45, 7) is 2.56. The van der Waals surface area contributed by atoms with Crippen molar-refractivity contribution in [1.82, 2.24) is 25.3 Å². The number of methoxy groups -OCH3 is 1. The van der Waals surface area contributed by atoms with E-state index < -0.39 is 6.29 Å². The Labute approximate surface area is 214 Å². The number of aromatic nitrogens is 4. The molecule has 1 aliphatic rings. The molecule has 198 valence electrons. The van der Waals surface area contributed by atoms with Gasteiger partial charge >= 0.3 is 0 Å². The van der Waals surface area contributed by atoms with Gasteiger partial charge in [0.05, 0.1) is 42.6 Å². The molecule has 1 saturated heterocycles. The number of hydrogen-bond acceptors (Lipinski definition) is 9. The molecule has 0 aliphatic carbocycles. The van der Waals surface area contributed by atoms with E-state index >= 15 is 0 Å². The van der Waals surface area contributed by atoms with Gasteiger partial charge in [-0.05, 0) is 36.8 Å². The number of amides is 1. The van der Waals surface area contributed by atoms with Crippen molar-refractivity contribution in [3.63, 3.8) is 0 Å². The summed E-state index contributed by atoms with van der Waals surface area (Å²) >= 11 is 0. The Morgan fingerprint density at radius 3 is 2.70 bits per heavy atom. The van der Waals surface area contributed by atoms with Crippen LogP contribution in [0.2, 0.25) is 0 Å². The third-order valence-electron chi connectivity index (χ3n) is 5.73. The summed E-state index contributed by atoms with van der Waals surface area (Å²) in [5.41, 5.74) is 8.08. The number of nitrogens with one attached hydrogen (secondary N) is 3. The molecule has 0 spiro atoms. The van der Waals surface area contributed by atoms with Crippen LogP contribution in [-0.2, 0) is 25.4 Å². The summed E-state index contributed by atoms with van der Waals surface area (Å²) in [5, 5.41) is 5.94. The van der Waals surface area contributed by atoms with Crippen molar-refractivity contribution >= 4 is 11.9 Å². The van der Waals surface area contributed by atoms with Crippen LogP contribution in [0.4, 0.5) is 10.3 Å². The van der Waals surface area contributed by atoms with Crippen molar-refractivity contribution in [1.29, 1.82) is 0 Å². The number of ether oxygens (including phenoxy) is 3. The zero-order valence-electron chi connectivity index (χ0n) is 20.7. The molecular weight excluding hydrogens is 481 g/mol. The van der Waals surface area contributed by atoms with E-state index in [0.29, 0.717) is 61.5 Å². The maximum Gasteiger partial charge on any atom is 0.227 e. The van der Waals surface area contributed by atoms with Crippen molar-refractivity contribution in [3.8, 4) is 22.6 Å². The van der Waals surface area contributed by atoms with Crippen molar-refractivity contribution < 1.29 is 23.4 Å². The van der Waals surface area contributed by atoms with Gasteiger partial charge < -0.3 is 35.6 Å². The number of carbonyl (C=O) groups is 1. The van der Waals surface area contributed by atoms with Crippen LogP contribution >= 0.6 is 0 Å². The molecule has 0 radical (unpaired) electrons. The molecule has 2 aromatic heterocycles. The van der Waals surface area contributed by atoms with Gasteiger partial charge in [-0.2, -0.15) is 0 Å². The summed E-state index contributed by atoms with van der Waals surface area (Å²) in [5.74, 6) is 0.227. The second-order valence-corrected chi connectivity index (χ2v) is 8.53. The summed E-state index contributed by atoms with van der Waals surface area (Å²) in [6.07, 6.45) is 2.25. The van der Waals surface area contributed by atoms with Gasteiger partial charge in [0, 0.05) is 45.1 Å². The standard InChI is InChI=1S/C25H32FN7O4/c1-35-12-2-9-29-25-30-10-7-19(31-25)23-22(16-3-5-18(26)6-4-16)32-20(33-23)13-21-36-14-17(15-37-21)24(34)28-11-8-27/h3-7,10,17,21H,2,8-9,11-15,27H2,1H3,(H,28,34)(H,32,33)(H,29,30,31). The van der Waals surface area contributed by atoms with Crippen LogP contribution in [-0.4, -0.2) is 78.7 Å². The molecule has 1 fully saturated rings. The van der Waals surface area contributed by atoms with E-state index in [9.17, 15) is 9.18 Å². The molecule has 4 rings (SSSR count). The number of benzene rings is 1. The lowest BCUT2D eigenvalue weighted by Crippen LogP contribution is -2.43. The first-order valence-corrected chi connectivity index (χ1v) is 12.2. The number of nitrogens with zero attached hydrogens (tertiary/aromatic N) is 3. The van der Waals surface area contributed by atoms with E-state index in [4.69, 9.17) is 24.9 Å². The number of imidazole rings is 1. The number of aromatic amines is 1. The summed E-state index contributed by atoms with van der Waals surface area (Å²) in [7, 11) is 1.66. The fraction of sp³-hybridized carbons (Fsp3) is 0.440. The Kier molecular flexibility index (Phi) is 9.49. The van der Waals surface area contributed by atoms with Gasteiger partial charge in [-0.15, -0.1) is 0 Å². The molecule has 0 bridgehead atoms. The minimum Gasteiger partial charge on any atom is -0.385 e.